The minimum Gasteiger partial charge on any atom is -0.410 e. The molecule has 1 heterocycles. The summed E-state index contributed by atoms with van der Waals surface area (Å²) in [5.41, 5.74) is 2.00. The van der Waals surface area contributed by atoms with Crippen LogP contribution < -0.4 is 14.5 Å². The van der Waals surface area contributed by atoms with Crippen LogP contribution in [0.25, 0.3) is 0 Å². The SMILES string of the molecule is CN(C(=O)Oc1ccc(N2CCCC2)cc1)c1ccccc1. The number of carbonyl (C=O) groups excluding carboxylic acids is 1. The molecule has 2 aromatic rings. The summed E-state index contributed by atoms with van der Waals surface area (Å²) < 4.78 is 5.42. The number of hydrogen-bond donors (Lipinski definition) is 0. The Hall–Kier alpha value is -2.49. The quantitative estimate of drug-likeness (QED) is 0.860. The van der Waals surface area contributed by atoms with E-state index in [4.69, 9.17) is 4.74 Å². The summed E-state index contributed by atoms with van der Waals surface area (Å²) in [5, 5.41) is 0. The lowest BCUT2D eigenvalue weighted by atomic mass is 10.3. The first-order valence-electron chi connectivity index (χ1n) is 7.59. The molecule has 0 unspecified atom stereocenters. The summed E-state index contributed by atoms with van der Waals surface area (Å²) in [4.78, 5) is 16.0. The van der Waals surface area contributed by atoms with Gasteiger partial charge in [0.25, 0.3) is 0 Å². The van der Waals surface area contributed by atoms with Crippen LogP contribution in [0, 0.1) is 0 Å². The predicted molar refractivity (Wildman–Crippen MR) is 88.8 cm³/mol. The molecule has 2 aromatic carbocycles. The van der Waals surface area contributed by atoms with E-state index in [1.54, 1.807) is 7.05 Å². The highest BCUT2D eigenvalue weighted by Gasteiger charge is 2.15. The van der Waals surface area contributed by atoms with Gasteiger partial charge >= 0.3 is 6.09 Å². The normalized spacial score (nSPS) is 14.0. The number of rotatable bonds is 3. The molecule has 1 aliphatic heterocycles. The summed E-state index contributed by atoms with van der Waals surface area (Å²) in [5.74, 6) is 0.565. The van der Waals surface area contributed by atoms with Crippen molar-refractivity contribution in [1.29, 1.82) is 0 Å². The van der Waals surface area contributed by atoms with Gasteiger partial charge in [-0.15, -0.1) is 0 Å². The zero-order chi connectivity index (χ0) is 15.4. The van der Waals surface area contributed by atoms with E-state index in [1.165, 1.54) is 23.4 Å². The van der Waals surface area contributed by atoms with Gasteiger partial charge in [0.05, 0.1) is 0 Å². The van der Waals surface area contributed by atoms with Crippen LogP contribution in [0.1, 0.15) is 12.8 Å². The highest BCUT2D eigenvalue weighted by molar-refractivity contribution is 5.88. The lowest BCUT2D eigenvalue weighted by Crippen LogP contribution is -2.29. The molecule has 1 aliphatic rings. The molecule has 0 spiro atoms. The Kier molecular flexibility index (Phi) is 4.28. The molecule has 1 saturated heterocycles. The van der Waals surface area contributed by atoms with Crippen molar-refractivity contribution in [3.05, 3.63) is 54.6 Å². The fraction of sp³-hybridized carbons (Fsp3) is 0.278. The fourth-order valence-corrected chi connectivity index (χ4v) is 2.63. The van der Waals surface area contributed by atoms with Gasteiger partial charge in [-0.1, -0.05) is 18.2 Å². The molecule has 22 heavy (non-hydrogen) atoms. The van der Waals surface area contributed by atoms with Crippen molar-refractivity contribution in [3.63, 3.8) is 0 Å². The average molecular weight is 296 g/mol. The minimum absolute atomic E-state index is 0.389. The maximum absolute atomic E-state index is 12.1. The van der Waals surface area contributed by atoms with Crippen LogP contribution in [0.5, 0.6) is 5.75 Å². The number of ether oxygens (including phenoxy) is 1. The van der Waals surface area contributed by atoms with Gasteiger partial charge in [-0.05, 0) is 49.2 Å². The molecule has 4 heteroatoms. The maximum Gasteiger partial charge on any atom is 0.419 e. The van der Waals surface area contributed by atoms with Crippen molar-refractivity contribution in [2.75, 3.05) is 29.9 Å². The van der Waals surface area contributed by atoms with Crippen LogP contribution in [0.4, 0.5) is 16.2 Å². The zero-order valence-corrected chi connectivity index (χ0v) is 12.7. The molecule has 1 amide bonds. The fourth-order valence-electron chi connectivity index (χ4n) is 2.63. The first-order chi connectivity index (χ1) is 10.7. The van der Waals surface area contributed by atoms with E-state index in [1.807, 2.05) is 54.6 Å². The first-order valence-corrected chi connectivity index (χ1v) is 7.59. The van der Waals surface area contributed by atoms with Gasteiger partial charge in [-0.2, -0.15) is 0 Å². The molecule has 0 atom stereocenters. The molecule has 0 N–H and O–H groups in total. The first kappa shape index (κ1) is 14.4. The molecule has 1 fully saturated rings. The number of hydrogen-bond acceptors (Lipinski definition) is 3. The van der Waals surface area contributed by atoms with Crippen molar-refractivity contribution in [2.45, 2.75) is 12.8 Å². The third-order valence-electron chi connectivity index (χ3n) is 3.93. The van der Waals surface area contributed by atoms with E-state index in [-0.39, 0.29) is 6.09 Å². The highest BCUT2D eigenvalue weighted by atomic mass is 16.6. The molecule has 0 saturated carbocycles. The number of nitrogens with zero attached hydrogens (tertiary/aromatic N) is 2. The Bertz CT molecular complexity index is 619. The molecule has 0 aliphatic carbocycles. The van der Waals surface area contributed by atoms with Gasteiger partial charge < -0.3 is 9.64 Å². The standard InChI is InChI=1S/C18H20N2O2/c1-19(15-7-3-2-4-8-15)18(21)22-17-11-9-16(10-12-17)20-13-5-6-14-20/h2-4,7-12H,5-6,13-14H2,1H3. The molecule has 0 radical (unpaired) electrons. The number of benzene rings is 2. The Morgan fingerprint density at radius 2 is 1.64 bits per heavy atom. The topological polar surface area (TPSA) is 32.8 Å². The molecule has 4 nitrogen and oxygen atoms in total. The number of anilines is 2. The molecule has 114 valence electrons. The van der Waals surface area contributed by atoms with Crippen molar-refractivity contribution >= 4 is 17.5 Å². The van der Waals surface area contributed by atoms with E-state index < -0.39 is 0 Å². The highest BCUT2D eigenvalue weighted by Crippen LogP contribution is 2.23. The summed E-state index contributed by atoms with van der Waals surface area (Å²) in [6.45, 7) is 2.21. The van der Waals surface area contributed by atoms with Crippen molar-refractivity contribution < 1.29 is 9.53 Å². The Morgan fingerprint density at radius 1 is 1.00 bits per heavy atom. The number of amides is 1. The second-order valence-electron chi connectivity index (χ2n) is 5.45. The summed E-state index contributed by atoms with van der Waals surface area (Å²) >= 11 is 0. The van der Waals surface area contributed by atoms with Crippen molar-refractivity contribution in [1.82, 2.24) is 0 Å². The lowest BCUT2D eigenvalue weighted by molar-refractivity contribution is 0.209. The zero-order valence-electron chi connectivity index (χ0n) is 12.7. The third kappa shape index (κ3) is 3.22. The molecule has 3 rings (SSSR count). The third-order valence-corrected chi connectivity index (χ3v) is 3.93. The van der Waals surface area contributed by atoms with E-state index in [2.05, 4.69) is 4.90 Å². The van der Waals surface area contributed by atoms with Gasteiger partial charge in [0.15, 0.2) is 0 Å². The van der Waals surface area contributed by atoms with Gasteiger partial charge in [-0.25, -0.2) is 4.79 Å². The molecular weight excluding hydrogens is 276 g/mol. The number of para-hydroxylation sites is 1. The van der Waals surface area contributed by atoms with Gasteiger partial charge in [-0.3, -0.25) is 4.90 Å². The van der Waals surface area contributed by atoms with E-state index in [9.17, 15) is 4.79 Å². The molecule has 0 aromatic heterocycles. The monoisotopic (exact) mass is 296 g/mol. The van der Waals surface area contributed by atoms with Crippen molar-refractivity contribution in [3.8, 4) is 5.75 Å². The lowest BCUT2D eigenvalue weighted by Gasteiger charge is -2.19. The Balaban J connectivity index is 1.64. The maximum atomic E-state index is 12.1. The summed E-state index contributed by atoms with van der Waals surface area (Å²) in [6.07, 6.45) is 2.11. The van der Waals surface area contributed by atoms with Crippen LogP contribution >= 0.6 is 0 Å². The van der Waals surface area contributed by atoms with Crippen LogP contribution in [-0.2, 0) is 0 Å². The van der Waals surface area contributed by atoms with Crippen LogP contribution in [0.15, 0.2) is 54.6 Å². The second-order valence-corrected chi connectivity index (χ2v) is 5.45. The van der Waals surface area contributed by atoms with E-state index in [0.717, 1.165) is 18.8 Å². The smallest absolute Gasteiger partial charge is 0.410 e. The molecular formula is C18H20N2O2. The summed E-state index contributed by atoms with van der Waals surface area (Å²) in [6, 6.07) is 17.2. The van der Waals surface area contributed by atoms with Gasteiger partial charge in [0.2, 0.25) is 0 Å². The second kappa shape index (κ2) is 6.52. The van der Waals surface area contributed by atoms with Crippen LogP contribution in [0.3, 0.4) is 0 Å². The largest absolute Gasteiger partial charge is 0.419 e. The minimum atomic E-state index is -0.389. The average Bonchev–Trinajstić information content (AvgIpc) is 3.10. The van der Waals surface area contributed by atoms with Gasteiger partial charge in [0, 0.05) is 31.5 Å². The van der Waals surface area contributed by atoms with Crippen molar-refractivity contribution in [2.24, 2.45) is 0 Å². The Morgan fingerprint density at radius 3 is 2.27 bits per heavy atom. The van der Waals surface area contributed by atoms with E-state index in [0.29, 0.717) is 5.75 Å². The van der Waals surface area contributed by atoms with E-state index >= 15 is 0 Å². The van der Waals surface area contributed by atoms with Crippen LogP contribution in [0.2, 0.25) is 0 Å². The van der Waals surface area contributed by atoms with Gasteiger partial charge in [0.1, 0.15) is 5.75 Å². The van der Waals surface area contributed by atoms with Crippen LogP contribution in [-0.4, -0.2) is 26.2 Å². The summed E-state index contributed by atoms with van der Waals surface area (Å²) in [7, 11) is 1.70. The Labute approximate surface area is 130 Å². The predicted octanol–water partition coefficient (Wildman–Crippen LogP) is 3.92. The number of carbonyl (C=O) groups is 1. The molecule has 0 bridgehead atoms.